The van der Waals surface area contributed by atoms with Crippen molar-refractivity contribution in [2.45, 2.75) is 55.9 Å². The second-order valence-corrected chi connectivity index (χ2v) is 9.36. The van der Waals surface area contributed by atoms with Crippen molar-refractivity contribution in [3.63, 3.8) is 0 Å². The van der Waals surface area contributed by atoms with E-state index in [1.807, 2.05) is 12.1 Å². The van der Waals surface area contributed by atoms with Crippen LogP contribution in [0, 0.1) is 16.7 Å². The highest BCUT2D eigenvalue weighted by Gasteiger charge is 2.30. The lowest BCUT2D eigenvalue weighted by atomic mass is 9.76. The first-order valence-corrected chi connectivity index (χ1v) is 11.2. The Balaban J connectivity index is 1.74. The van der Waals surface area contributed by atoms with Gasteiger partial charge in [0.2, 0.25) is 0 Å². The highest BCUT2D eigenvalue weighted by molar-refractivity contribution is 7.99. The molecule has 1 aliphatic heterocycles. The largest absolute Gasteiger partial charge is 0.355 e. The van der Waals surface area contributed by atoms with Gasteiger partial charge in [-0.3, -0.25) is 0 Å². The summed E-state index contributed by atoms with van der Waals surface area (Å²) in [7, 11) is 0. The third kappa shape index (κ3) is 4.92. The molecular formula is C21H24Cl2N4S. The average Bonchev–Trinajstić information content (AvgIpc) is 2.71. The number of nitrogens with zero attached hydrogens (tertiary/aromatic N) is 4. The van der Waals surface area contributed by atoms with Crippen LogP contribution < -0.4 is 4.90 Å². The molecule has 0 atom stereocenters. The van der Waals surface area contributed by atoms with Gasteiger partial charge in [0.05, 0.1) is 16.2 Å². The molecule has 0 N–H and O–H groups in total. The summed E-state index contributed by atoms with van der Waals surface area (Å²) in [6.45, 7) is 6.53. The lowest BCUT2D eigenvalue weighted by Crippen LogP contribution is -2.39. The van der Waals surface area contributed by atoms with E-state index in [0.717, 1.165) is 36.6 Å². The van der Waals surface area contributed by atoms with Crippen molar-refractivity contribution in [2.75, 3.05) is 18.0 Å². The van der Waals surface area contributed by atoms with Crippen molar-refractivity contribution < 1.29 is 0 Å². The van der Waals surface area contributed by atoms with Gasteiger partial charge in [-0.15, -0.1) is 0 Å². The molecule has 2 aromatic rings. The standard InChI is InChI=1S/C21H24Cl2N4S/c1-3-4-8-21(2)9-11-27(12-10-21)18-14-25-20(16(13-24)26-18)28-17-7-5-6-15(22)19(17)23/h5-7,14H,3-4,8-12H2,1-2H3. The molecule has 3 rings (SSSR count). The van der Waals surface area contributed by atoms with Crippen LogP contribution in [-0.4, -0.2) is 23.1 Å². The Morgan fingerprint density at radius 2 is 2.04 bits per heavy atom. The second-order valence-electron chi connectivity index (χ2n) is 7.55. The van der Waals surface area contributed by atoms with Gasteiger partial charge in [-0.2, -0.15) is 5.26 Å². The third-order valence-electron chi connectivity index (χ3n) is 5.38. The number of hydrogen-bond donors (Lipinski definition) is 0. The SMILES string of the molecule is CCCCC1(C)CCN(c2cnc(Sc3cccc(Cl)c3Cl)c(C#N)n2)CC1. The van der Waals surface area contributed by atoms with Crippen LogP contribution in [0.15, 0.2) is 34.3 Å². The number of unbranched alkanes of at least 4 members (excludes halogenated alkanes) is 1. The monoisotopic (exact) mass is 434 g/mol. The number of anilines is 1. The Labute approximate surface area is 181 Å². The van der Waals surface area contributed by atoms with Crippen LogP contribution in [0.3, 0.4) is 0 Å². The number of rotatable bonds is 6. The van der Waals surface area contributed by atoms with Gasteiger partial charge in [-0.25, -0.2) is 9.97 Å². The van der Waals surface area contributed by atoms with Gasteiger partial charge in [-0.05, 0) is 36.8 Å². The Morgan fingerprint density at radius 3 is 2.71 bits per heavy atom. The number of benzene rings is 1. The molecule has 0 bridgehead atoms. The topological polar surface area (TPSA) is 52.8 Å². The first-order valence-electron chi connectivity index (χ1n) is 9.60. The number of halogens is 2. The van der Waals surface area contributed by atoms with E-state index in [1.54, 1.807) is 12.3 Å². The summed E-state index contributed by atoms with van der Waals surface area (Å²) in [4.78, 5) is 12.1. The van der Waals surface area contributed by atoms with E-state index in [-0.39, 0.29) is 0 Å². The van der Waals surface area contributed by atoms with E-state index in [2.05, 4.69) is 34.8 Å². The van der Waals surface area contributed by atoms with Gasteiger partial charge in [0.25, 0.3) is 0 Å². The summed E-state index contributed by atoms with van der Waals surface area (Å²) in [5, 5.41) is 11.1. The first kappa shape index (κ1) is 21.2. The molecule has 0 spiro atoms. The normalized spacial score (nSPS) is 16.0. The molecular weight excluding hydrogens is 411 g/mol. The van der Waals surface area contributed by atoms with Crippen LogP contribution in [0.5, 0.6) is 0 Å². The third-order valence-corrected chi connectivity index (χ3v) is 7.37. The number of piperidine rings is 1. The lowest BCUT2D eigenvalue weighted by molar-refractivity contribution is 0.221. The predicted octanol–water partition coefficient (Wildman–Crippen LogP) is 6.60. The van der Waals surface area contributed by atoms with E-state index in [1.165, 1.54) is 31.0 Å². The molecule has 0 unspecified atom stereocenters. The van der Waals surface area contributed by atoms with Gasteiger partial charge in [0.1, 0.15) is 16.9 Å². The van der Waals surface area contributed by atoms with Crippen molar-refractivity contribution in [3.05, 3.63) is 40.1 Å². The van der Waals surface area contributed by atoms with Crippen LogP contribution in [-0.2, 0) is 0 Å². The Hall–Kier alpha value is -1.48. The average molecular weight is 435 g/mol. The van der Waals surface area contributed by atoms with Gasteiger partial charge in [-0.1, -0.05) is 67.7 Å². The summed E-state index contributed by atoms with van der Waals surface area (Å²) in [6, 6.07) is 7.60. The van der Waals surface area contributed by atoms with Crippen LogP contribution in [0.4, 0.5) is 5.82 Å². The Kier molecular flexibility index (Phi) is 7.09. The van der Waals surface area contributed by atoms with Gasteiger partial charge in [0, 0.05) is 18.0 Å². The fraction of sp³-hybridized carbons (Fsp3) is 0.476. The van der Waals surface area contributed by atoms with Crippen LogP contribution in [0.2, 0.25) is 10.0 Å². The number of nitriles is 1. The molecule has 28 heavy (non-hydrogen) atoms. The molecule has 7 heteroatoms. The zero-order valence-corrected chi connectivity index (χ0v) is 18.5. The molecule has 148 valence electrons. The number of hydrogen-bond acceptors (Lipinski definition) is 5. The summed E-state index contributed by atoms with van der Waals surface area (Å²) < 4.78 is 0. The Morgan fingerprint density at radius 1 is 1.29 bits per heavy atom. The minimum atomic E-state index is 0.317. The van der Waals surface area contributed by atoms with E-state index in [4.69, 9.17) is 23.2 Å². The molecule has 1 aliphatic rings. The van der Waals surface area contributed by atoms with E-state index < -0.39 is 0 Å². The van der Waals surface area contributed by atoms with Crippen molar-refractivity contribution >= 4 is 40.8 Å². The maximum Gasteiger partial charge on any atom is 0.175 e. The summed E-state index contributed by atoms with van der Waals surface area (Å²) >= 11 is 13.7. The van der Waals surface area contributed by atoms with E-state index in [9.17, 15) is 5.26 Å². The fourth-order valence-corrected chi connectivity index (χ4v) is 4.78. The molecule has 1 aromatic heterocycles. The van der Waals surface area contributed by atoms with Crippen LogP contribution in [0.25, 0.3) is 0 Å². The molecule has 0 radical (unpaired) electrons. The zero-order valence-electron chi connectivity index (χ0n) is 16.2. The maximum absolute atomic E-state index is 9.58. The fourth-order valence-electron chi connectivity index (χ4n) is 3.46. The minimum absolute atomic E-state index is 0.317. The highest BCUT2D eigenvalue weighted by Crippen LogP contribution is 2.39. The summed E-state index contributed by atoms with van der Waals surface area (Å²) in [5.74, 6) is 0.774. The smallest absolute Gasteiger partial charge is 0.175 e. The molecule has 0 aliphatic carbocycles. The van der Waals surface area contributed by atoms with Gasteiger partial charge in [0.15, 0.2) is 5.69 Å². The second kappa shape index (κ2) is 9.35. The van der Waals surface area contributed by atoms with E-state index >= 15 is 0 Å². The molecule has 4 nitrogen and oxygen atoms in total. The lowest BCUT2D eigenvalue weighted by Gasteiger charge is -2.40. The van der Waals surface area contributed by atoms with Crippen molar-refractivity contribution in [1.82, 2.24) is 9.97 Å². The first-order chi connectivity index (χ1) is 13.5. The van der Waals surface area contributed by atoms with Crippen LogP contribution in [0.1, 0.15) is 51.6 Å². The van der Waals surface area contributed by atoms with Crippen molar-refractivity contribution in [3.8, 4) is 6.07 Å². The Bertz CT molecular complexity index is 873. The molecule has 2 heterocycles. The molecule has 1 saturated heterocycles. The number of aromatic nitrogens is 2. The summed E-state index contributed by atoms with van der Waals surface area (Å²) in [5.41, 5.74) is 0.731. The highest BCUT2D eigenvalue weighted by atomic mass is 35.5. The maximum atomic E-state index is 9.58. The van der Waals surface area contributed by atoms with Crippen molar-refractivity contribution in [1.29, 1.82) is 5.26 Å². The summed E-state index contributed by atoms with van der Waals surface area (Å²) in [6.07, 6.45) is 7.86. The van der Waals surface area contributed by atoms with E-state index in [0.29, 0.717) is 26.2 Å². The zero-order chi connectivity index (χ0) is 20.1. The molecule has 0 saturated carbocycles. The van der Waals surface area contributed by atoms with Gasteiger partial charge >= 0.3 is 0 Å². The minimum Gasteiger partial charge on any atom is -0.355 e. The molecule has 1 fully saturated rings. The molecule has 0 amide bonds. The predicted molar refractivity (Wildman–Crippen MR) is 116 cm³/mol. The quantitative estimate of drug-likeness (QED) is 0.512. The van der Waals surface area contributed by atoms with Crippen molar-refractivity contribution in [2.24, 2.45) is 5.41 Å². The molecule has 1 aromatic carbocycles. The van der Waals surface area contributed by atoms with Crippen LogP contribution >= 0.6 is 35.0 Å². The van der Waals surface area contributed by atoms with Gasteiger partial charge < -0.3 is 4.90 Å².